The van der Waals surface area contributed by atoms with Crippen molar-refractivity contribution in [1.29, 1.82) is 0 Å². The minimum absolute atomic E-state index is 0.785. The Hall–Kier alpha value is -3.84. The Morgan fingerprint density at radius 3 is 2.73 bits per heavy atom. The van der Waals surface area contributed by atoms with Crippen LogP contribution in [0.4, 0.5) is 0 Å². The molecule has 0 saturated carbocycles. The molecule has 6 nitrogen and oxygen atoms in total. The molecule has 0 aliphatic rings. The SMILES string of the molecule is Cc1ccc(-c2cncc3[nH]c(-c4n[nH]c5ccc(-c6ccccn6)nc45)cc23)s1. The number of aromatic amines is 2. The topological polar surface area (TPSA) is 83.1 Å². The molecule has 144 valence electrons. The van der Waals surface area contributed by atoms with Crippen molar-refractivity contribution in [2.75, 3.05) is 0 Å². The van der Waals surface area contributed by atoms with Gasteiger partial charge in [0.05, 0.1) is 34.3 Å². The highest BCUT2D eigenvalue weighted by molar-refractivity contribution is 7.15. The van der Waals surface area contributed by atoms with Crippen molar-refractivity contribution in [1.82, 2.24) is 30.1 Å². The molecule has 2 N–H and O–H groups in total. The maximum atomic E-state index is 4.85. The number of nitrogens with zero attached hydrogens (tertiary/aromatic N) is 4. The third kappa shape index (κ3) is 2.71. The van der Waals surface area contributed by atoms with Crippen LogP contribution in [0.2, 0.25) is 0 Å². The first-order valence-corrected chi connectivity index (χ1v) is 10.4. The minimum Gasteiger partial charge on any atom is -0.352 e. The zero-order valence-corrected chi connectivity index (χ0v) is 16.9. The summed E-state index contributed by atoms with van der Waals surface area (Å²) in [6.45, 7) is 2.12. The summed E-state index contributed by atoms with van der Waals surface area (Å²) >= 11 is 1.77. The third-order valence-electron chi connectivity index (χ3n) is 5.14. The van der Waals surface area contributed by atoms with E-state index >= 15 is 0 Å². The van der Waals surface area contributed by atoms with E-state index in [0.717, 1.165) is 50.3 Å². The average molecular weight is 408 g/mol. The fourth-order valence-corrected chi connectivity index (χ4v) is 4.59. The number of nitrogens with one attached hydrogen (secondary N) is 2. The zero-order valence-electron chi connectivity index (χ0n) is 16.0. The molecule has 0 aromatic carbocycles. The van der Waals surface area contributed by atoms with Crippen molar-refractivity contribution >= 4 is 33.3 Å². The van der Waals surface area contributed by atoms with E-state index in [1.54, 1.807) is 17.5 Å². The second-order valence-electron chi connectivity index (χ2n) is 7.12. The standard InChI is InChI=1S/C23H16N6S/c1-13-5-8-21(30-13)15-11-24-12-20-14(15)10-19(26-20)23-22-18(28-29-23)7-6-17(27-22)16-4-2-3-9-25-16/h2-12,26H,1H3,(H,28,29). The normalized spacial score (nSPS) is 11.5. The van der Waals surface area contributed by atoms with Crippen LogP contribution in [0.5, 0.6) is 0 Å². The summed E-state index contributed by atoms with van der Waals surface area (Å²) in [5.41, 5.74) is 7.14. The van der Waals surface area contributed by atoms with Gasteiger partial charge in [-0.15, -0.1) is 11.3 Å². The molecule has 0 aliphatic carbocycles. The van der Waals surface area contributed by atoms with Crippen molar-refractivity contribution in [2.45, 2.75) is 6.92 Å². The smallest absolute Gasteiger partial charge is 0.135 e. The highest BCUT2D eigenvalue weighted by Gasteiger charge is 2.16. The lowest BCUT2D eigenvalue weighted by atomic mass is 10.1. The van der Waals surface area contributed by atoms with E-state index in [0.29, 0.717) is 0 Å². The molecule has 0 unspecified atom stereocenters. The molecule has 0 spiro atoms. The van der Waals surface area contributed by atoms with Crippen molar-refractivity contribution in [2.24, 2.45) is 0 Å². The van der Waals surface area contributed by atoms with E-state index in [-0.39, 0.29) is 0 Å². The van der Waals surface area contributed by atoms with Gasteiger partial charge in [-0.05, 0) is 49.4 Å². The van der Waals surface area contributed by atoms with Crippen LogP contribution in [0.15, 0.2) is 67.1 Å². The fourth-order valence-electron chi connectivity index (χ4n) is 3.70. The molecule has 0 fully saturated rings. The number of aromatic nitrogens is 6. The first-order chi connectivity index (χ1) is 14.8. The number of thiophene rings is 1. The van der Waals surface area contributed by atoms with Crippen LogP contribution in [-0.4, -0.2) is 30.1 Å². The van der Waals surface area contributed by atoms with Crippen LogP contribution in [0.1, 0.15) is 4.88 Å². The number of rotatable bonds is 3. The van der Waals surface area contributed by atoms with Gasteiger partial charge in [0.25, 0.3) is 0 Å². The molecule has 7 heteroatoms. The van der Waals surface area contributed by atoms with E-state index in [4.69, 9.17) is 4.98 Å². The van der Waals surface area contributed by atoms with Crippen LogP contribution in [0.3, 0.4) is 0 Å². The lowest BCUT2D eigenvalue weighted by molar-refractivity contribution is 1.12. The van der Waals surface area contributed by atoms with Gasteiger partial charge in [-0.25, -0.2) is 4.98 Å². The van der Waals surface area contributed by atoms with Gasteiger partial charge in [-0.2, -0.15) is 5.10 Å². The molecule has 6 aromatic rings. The van der Waals surface area contributed by atoms with Crippen molar-refractivity contribution in [3.05, 3.63) is 72.0 Å². The number of H-pyrrole nitrogens is 2. The molecule has 30 heavy (non-hydrogen) atoms. The van der Waals surface area contributed by atoms with Gasteiger partial charge in [0, 0.05) is 33.1 Å². The number of aryl methyl sites for hydroxylation is 1. The van der Waals surface area contributed by atoms with Gasteiger partial charge in [-0.3, -0.25) is 15.1 Å². The Kier molecular flexibility index (Phi) is 3.75. The Morgan fingerprint density at radius 2 is 1.90 bits per heavy atom. The molecular formula is C23H16N6S. The molecule has 0 amide bonds. The van der Waals surface area contributed by atoms with Gasteiger partial charge in [0.1, 0.15) is 11.2 Å². The van der Waals surface area contributed by atoms with Gasteiger partial charge >= 0.3 is 0 Å². The van der Waals surface area contributed by atoms with E-state index < -0.39 is 0 Å². The summed E-state index contributed by atoms with van der Waals surface area (Å²) in [7, 11) is 0. The van der Waals surface area contributed by atoms with Crippen molar-refractivity contribution < 1.29 is 0 Å². The lowest BCUT2D eigenvalue weighted by Gasteiger charge is -2.00. The lowest BCUT2D eigenvalue weighted by Crippen LogP contribution is -1.87. The fraction of sp³-hybridized carbons (Fsp3) is 0.0435. The largest absolute Gasteiger partial charge is 0.352 e. The summed E-state index contributed by atoms with van der Waals surface area (Å²) in [6.07, 6.45) is 5.55. The maximum absolute atomic E-state index is 4.85. The van der Waals surface area contributed by atoms with Gasteiger partial charge in [0.2, 0.25) is 0 Å². The quantitative estimate of drug-likeness (QED) is 0.399. The third-order valence-corrected chi connectivity index (χ3v) is 6.18. The van der Waals surface area contributed by atoms with Crippen LogP contribution < -0.4 is 0 Å². The molecule has 6 rings (SSSR count). The summed E-state index contributed by atoms with van der Waals surface area (Å²) in [6, 6.07) is 16.2. The Balaban J connectivity index is 1.52. The predicted molar refractivity (Wildman–Crippen MR) is 120 cm³/mol. The van der Waals surface area contributed by atoms with E-state index in [1.165, 1.54) is 9.75 Å². The molecule has 0 atom stereocenters. The van der Waals surface area contributed by atoms with Crippen LogP contribution in [0.25, 0.3) is 55.2 Å². The van der Waals surface area contributed by atoms with Gasteiger partial charge in [0.15, 0.2) is 0 Å². The number of hydrogen-bond donors (Lipinski definition) is 2. The summed E-state index contributed by atoms with van der Waals surface area (Å²) in [5, 5.41) is 8.76. The maximum Gasteiger partial charge on any atom is 0.135 e. The van der Waals surface area contributed by atoms with Gasteiger partial charge < -0.3 is 4.98 Å². The van der Waals surface area contributed by atoms with E-state index in [1.807, 2.05) is 42.7 Å². The van der Waals surface area contributed by atoms with Crippen LogP contribution in [-0.2, 0) is 0 Å². The summed E-state index contributed by atoms with van der Waals surface area (Å²) in [4.78, 5) is 19.7. The average Bonchev–Trinajstić information content (AvgIpc) is 3.51. The molecular weight excluding hydrogens is 392 g/mol. The van der Waals surface area contributed by atoms with Crippen LogP contribution in [0, 0.1) is 6.92 Å². The molecule has 0 radical (unpaired) electrons. The Morgan fingerprint density at radius 1 is 0.933 bits per heavy atom. The van der Waals surface area contributed by atoms with Crippen LogP contribution >= 0.6 is 11.3 Å². The Bertz CT molecular complexity index is 1510. The minimum atomic E-state index is 0.785. The monoisotopic (exact) mass is 408 g/mol. The number of fused-ring (bicyclic) bond motifs is 2. The second kappa shape index (κ2) is 6.60. The predicted octanol–water partition coefficient (Wildman–Crippen LogP) is 5.60. The second-order valence-corrected chi connectivity index (χ2v) is 8.41. The van der Waals surface area contributed by atoms with Crippen molar-refractivity contribution in [3.63, 3.8) is 0 Å². The number of pyridine rings is 3. The highest BCUT2D eigenvalue weighted by atomic mass is 32.1. The molecule has 6 aromatic heterocycles. The molecule has 6 heterocycles. The molecule has 0 saturated heterocycles. The summed E-state index contributed by atoms with van der Waals surface area (Å²) < 4.78 is 0. The summed E-state index contributed by atoms with van der Waals surface area (Å²) in [5.74, 6) is 0. The number of hydrogen-bond acceptors (Lipinski definition) is 5. The van der Waals surface area contributed by atoms with E-state index in [9.17, 15) is 0 Å². The molecule has 0 bridgehead atoms. The van der Waals surface area contributed by atoms with E-state index in [2.05, 4.69) is 50.3 Å². The zero-order chi connectivity index (χ0) is 20.1. The first-order valence-electron chi connectivity index (χ1n) is 9.57. The molecule has 0 aliphatic heterocycles. The van der Waals surface area contributed by atoms with Gasteiger partial charge in [-0.1, -0.05) is 6.07 Å². The van der Waals surface area contributed by atoms with Crippen molar-refractivity contribution in [3.8, 4) is 33.2 Å². The highest BCUT2D eigenvalue weighted by Crippen LogP contribution is 2.36. The Labute approximate surface area is 175 Å². The first kappa shape index (κ1) is 17.1.